The first-order valence-electron chi connectivity index (χ1n) is 5.38. The van der Waals surface area contributed by atoms with Crippen LogP contribution in [0.15, 0.2) is 18.2 Å². The van der Waals surface area contributed by atoms with Gasteiger partial charge in [0.2, 0.25) is 0 Å². The number of aliphatic hydroxyl groups excluding tert-OH is 1. The molecular formula is C13H15NO2S. The summed E-state index contributed by atoms with van der Waals surface area (Å²) in [4.78, 5) is 5.36. The Balaban J connectivity index is 2.52. The van der Waals surface area contributed by atoms with Crippen LogP contribution >= 0.6 is 11.3 Å². The van der Waals surface area contributed by atoms with Gasteiger partial charge in [-0.15, -0.1) is 11.3 Å². The molecule has 0 saturated carbocycles. The van der Waals surface area contributed by atoms with Crippen molar-refractivity contribution >= 4 is 11.3 Å². The van der Waals surface area contributed by atoms with Crippen molar-refractivity contribution < 1.29 is 9.84 Å². The monoisotopic (exact) mass is 249 g/mol. The molecule has 0 aliphatic rings. The fraction of sp³-hybridized carbons (Fsp3) is 0.308. The lowest BCUT2D eigenvalue weighted by atomic mass is 10.1. The van der Waals surface area contributed by atoms with Crippen molar-refractivity contribution in [3.8, 4) is 17.0 Å². The van der Waals surface area contributed by atoms with Gasteiger partial charge in [0.1, 0.15) is 5.75 Å². The number of ether oxygens (including phenoxy) is 1. The maximum Gasteiger partial charge on any atom is 0.122 e. The maximum absolute atomic E-state index is 9.31. The molecule has 1 N–H and O–H groups in total. The van der Waals surface area contributed by atoms with Gasteiger partial charge in [-0.2, -0.15) is 0 Å². The summed E-state index contributed by atoms with van der Waals surface area (Å²) >= 11 is 1.52. The van der Waals surface area contributed by atoms with Crippen LogP contribution in [0.1, 0.15) is 15.4 Å². The van der Waals surface area contributed by atoms with Crippen molar-refractivity contribution in [2.75, 3.05) is 7.11 Å². The molecule has 2 aromatic rings. The number of methoxy groups -OCH3 is 1. The molecule has 0 amide bonds. The Morgan fingerprint density at radius 2 is 2.12 bits per heavy atom. The van der Waals surface area contributed by atoms with Gasteiger partial charge in [0.15, 0.2) is 0 Å². The van der Waals surface area contributed by atoms with E-state index in [9.17, 15) is 5.11 Å². The van der Waals surface area contributed by atoms with Gasteiger partial charge >= 0.3 is 0 Å². The van der Waals surface area contributed by atoms with Crippen LogP contribution in [-0.4, -0.2) is 17.2 Å². The standard InChI is InChI=1S/C13H15NO2S/c1-8-4-5-10(6-11(8)16-3)13-12(7-15)17-9(2)14-13/h4-6,15H,7H2,1-3H3. The van der Waals surface area contributed by atoms with Crippen LogP contribution in [0.2, 0.25) is 0 Å². The Labute approximate surface area is 105 Å². The van der Waals surface area contributed by atoms with Gasteiger partial charge in [-0.1, -0.05) is 12.1 Å². The van der Waals surface area contributed by atoms with Gasteiger partial charge in [0.25, 0.3) is 0 Å². The number of aromatic nitrogens is 1. The molecule has 0 atom stereocenters. The second-order valence-corrected chi connectivity index (χ2v) is 5.13. The van der Waals surface area contributed by atoms with Crippen molar-refractivity contribution in [2.24, 2.45) is 0 Å². The Bertz CT molecular complexity index is 534. The third-order valence-corrected chi connectivity index (χ3v) is 3.58. The van der Waals surface area contributed by atoms with E-state index in [2.05, 4.69) is 4.98 Å². The molecular weight excluding hydrogens is 234 g/mol. The molecule has 0 aliphatic heterocycles. The fourth-order valence-corrected chi connectivity index (χ4v) is 2.59. The van der Waals surface area contributed by atoms with Gasteiger partial charge < -0.3 is 9.84 Å². The van der Waals surface area contributed by atoms with Crippen molar-refractivity contribution in [1.82, 2.24) is 4.98 Å². The number of aryl methyl sites for hydroxylation is 2. The first-order chi connectivity index (χ1) is 8.15. The second kappa shape index (κ2) is 4.85. The maximum atomic E-state index is 9.31. The van der Waals surface area contributed by atoms with Crippen molar-refractivity contribution in [2.45, 2.75) is 20.5 Å². The molecule has 0 radical (unpaired) electrons. The van der Waals surface area contributed by atoms with Crippen LogP contribution in [0.5, 0.6) is 5.75 Å². The molecule has 4 heteroatoms. The van der Waals surface area contributed by atoms with Gasteiger partial charge in [-0.25, -0.2) is 4.98 Å². The van der Waals surface area contributed by atoms with Crippen LogP contribution in [0.4, 0.5) is 0 Å². The average molecular weight is 249 g/mol. The molecule has 0 bridgehead atoms. The molecule has 1 aromatic carbocycles. The average Bonchev–Trinajstić information content (AvgIpc) is 2.71. The number of nitrogens with zero attached hydrogens (tertiary/aromatic N) is 1. The number of hydrogen-bond donors (Lipinski definition) is 1. The molecule has 1 aromatic heterocycles. The topological polar surface area (TPSA) is 42.4 Å². The molecule has 3 nitrogen and oxygen atoms in total. The molecule has 0 spiro atoms. The zero-order chi connectivity index (χ0) is 12.4. The highest BCUT2D eigenvalue weighted by atomic mass is 32.1. The van der Waals surface area contributed by atoms with E-state index in [0.29, 0.717) is 0 Å². The van der Waals surface area contributed by atoms with E-state index in [4.69, 9.17) is 4.74 Å². The zero-order valence-corrected chi connectivity index (χ0v) is 11.0. The zero-order valence-electron chi connectivity index (χ0n) is 10.2. The predicted octanol–water partition coefficient (Wildman–Crippen LogP) is 2.93. The van der Waals surface area contributed by atoms with Crippen LogP contribution in [0, 0.1) is 13.8 Å². The highest BCUT2D eigenvalue weighted by Gasteiger charge is 2.11. The molecule has 0 fully saturated rings. The smallest absolute Gasteiger partial charge is 0.122 e. The van der Waals surface area contributed by atoms with E-state index in [1.807, 2.05) is 32.0 Å². The number of aliphatic hydroxyl groups is 1. The van der Waals surface area contributed by atoms with Gasteiger partial charge in [-0.3, -0.25) is 0 Å². The molecule has 1 heterocycles. The first-order valence-corrected chi connectivity index (χ1v) is 6.19. The van der Waals surface area contributed by atoms with E-state index >= 15 is 0 Å². The third kappa shape index (κ3) is 2.33. The SMILES string of the molecule is COc1cc(-c2nc(C)sc2CO)ccc1C. The summed E-state index contributed by atoms with van der Waals surface area (Å²) in [5.74, 6) is 0.844. The minimum atomic E-state index is 0.0248. The summed E-state index contributed by atoms with van der Waals surface area (Å²) in [6, 6.07) is 5.97. The lowest BCUT2D eigenvalue weighted by Gasteiger charge is -2.07. The second-order valence-electron chi connectivity index (χ2n) is 3.85. The third-order valence-electron chi connectivity index (χ3n) is 2.63. The number of hydrogen-bond acceptors (Lipinski definition) is 4. The lowest BCUT2D eigenvalue weighted by molar-refractivity contribution is 0.286. The van der Waals surface area contributed by atoms with Crippen LogP contribution in [-0.2, 0) is 6.61 Å². The van der Waals surface area contributed by atoms with Crippen molar-refractivity contribution in [3.63, 3.8) is 0 Å². The van der Waals surface area contributed by atoms with E-state index in [-0.39, 0.29) is 6.61 Å². The number of benzene rings is 1. The summed E-state index contributed by atoms with van der Waals surface area (Å²) in [5, 5.41) is 10.3. The van der Waals surface area contributed by atoms with E-state index < -0.39 is 0 Å². The molecule has 2 rings (SSSR count). The quantitative estimate of drug-likeness (QED) is 0.909. The van der Waals surface area contributed by atoms with Crippen LogP contribution in [0.3, 0.4) is 0 Å². The highest BCUT2D eigenvalue weighted by molar-refractivity contribution is 7.12. The van der Waals surface area contributed by atoms with Gasteiger partial charge in [-0.05, 0) is 25.5 Å². The summed E-state index contributed by atoms with van der Waals surface area (Å²) < 4.78 is 5.30. The Hall–Kier alpha value is -1.39. The minimum Gasteiger partial charge on any atom is -0.496 e. The van der Waals surface area contributed by atoms with Gasteiger partial charge in [0.05, 0.1) is 29.3 Å². The van der Waals surface area contributed by atoms with Crippen LogP contribution in [0.25, 0.3) is 11.3 Å². The summed E-state index contributed by atoms with van der Waals surface area (Å²) in [5.41, 5.74) is 2.93. The molecule has 0 saturated heterocycles. The summed E-state index contributed by atoms with van der Waals surface area (Å²) in [6.45, 7) is 3.97. The fourth-order valence-electron chi connectivity index (χ4n) is 1.77. The van der Waals surface area contributed by atoms with Crippen molar-refractivity contribution in [3.05, 3.63) is 33.6 Å². The lowest BCUT2D eigenvalue weighted by Crippen LogP contribution is -1.90. The number of thiazole rings is 1. The Morgan fingerprint density at radius 1 is 1.35 bits per heavy atom. The van der Waals surface area contributed by atoms with Crippen molar-refractivity contribution in [1.29, 1.82) is 0 Å². The Morgan fingerprint density at radius 3 is 2.76 bits per heavy atom. The summed E-state index contributed by atoms with van der Waals surface area (Å²) in [7, 11) is 1.66. The summed E-state index contributed by atoms with van der Waals surface area (Å²) in [6.07, 6.45) is 0. The molecule has 90 valence electrons. The molecule has 0 unspecified atom stereocenters. The molecule has 0 aliphatic carbocycles. The van der Waals surface area contributed by atoms with E-state index in [1.165, 1.54) is 11.3 Å². The number of rotatable bonds is 3. The normalized spacial score (nSPS) is 10.6. The minimum absolute atomic E-state index is 0.0248. The van der Waals surface area contributed by atoms with Gasteiger partial charge in [0, 0.05) is 5.56 Å². The largest absolute Gasteiger partial charge is 0.496 e. The predicted molar refractivity (Wildman–Crippen MR) is 69.5 cm³/mol. The van der Waals surface area contributed by atoms with Crippen LogP contribution < -0.4 is 4.74 Å². The Kier molecular flexibility index (Phi) is 3.45. The van der Waals surface area contributed by atoms with E-state index in [1.54, 1.807) is 7.11 Å². The highest BCUT2D eigenvalue weighted by Crippen LogP contribution is 2.31. The van der Waals surface area contributed by atoms with E-state index in [0.717, 1.165) is 32.5 Å². The first kappa shape index (κ1) is 12.1. The molecule has 17 heavy (non-hydrogen) atoms.